The van der Waals surface area contributed by atoms with Crippen LogP contribution in [0.2, 0.25) is 0 Å². The minimum absolute atomic E-state index is 0.0397. The highest BCUT2D eigenvalue weighted by molar-refractivity contribution is 5.76. The van der Waals surface area contributed by atoms with Crippen LogP contribution in [0.25, 0.3) is 0 Å². The molecule has 1 saturated carbocycles. The monoisotopic (exact) mass is 218 g/mol. The molecule has 0 aromatic rings. The highest BCUT2D eigenvalue weighted by Gasteiger charge is 2.48. The van der Waals surface area contributed by atoms with E-state index < -0.39 is 5.92 Å². The fourth-order valence-corrected chi connectivity index (χ4v) is 2.46. The van der Waals surface area contributed by atoms with Crippen LogP contribution >= 0.6 is 0 Å². The molecule has 2 N–H and O–H groups in total. The molecule has 0 aromatic carbocycles. The molecule has 15 heavy (non-hydrogen) atoms. The van der Waals surface area contributed by atoms with Gasteiger partial charge in [0.2, 0.25) is 5.91 Å². The molecule has 1 amide bonds. The first-order chi connectivity index (χ1) is 6.98. The van der Waals surface area contributed by atoms with Crippen LogP contribution in [0.1, 0.15) is 25.7 Å². The number of piperidine rings is 1. The summed E-state index contributed by atoms with van der Waals surface area (Å²) in [6.07, 6.45) is 1.57. The lowest BCUT2D eigenvalue weighted by atomic mass is 9.84. The maximum Gasteiger partial charge on any atom is 0.251 e. The lowest BCUT2D eigenvalue weighted by Crippen LogP contribution is -2.54. The van der Waals surface area contributed by atoms with Gasteiger partial charge in [-0.05, 0) is 19.4 Å². The van der Waals surface area contributed by atoms with Gasteiger partial charge in [-0.25, -0.2) is 8.78 Å². The highest BCUT2D eigenvalue weighted by Crippen LogP contribution is 2.41. The molecule has 3 nitrogen and oxygen atoms in total. The van der Waals surface area contributed by atoms with Crippen LogP contribution in [-0.2, 0) is 4.79 Å². The Hall–Kier alpha value is -0.710. The molecule has 1 unspecified atom stereocenters. The number of amides is 1. The van der Waals surface area contributed by atoms with E-state index in [1.807, 2.05) is 4.90 Å². The summed E-state index contributed by atoms with van der Waals surface area (Å²) in [6.45, 7) is 1.39. The zero-order valence-corrected chi connectivity index (χ0v) is 8.59. The molecule has 0 bridgehead atoms. The summed E-state index contributed by atoms with van der Waals surface area (Å²) >= 11 is 0. The van der Waals surface area contributed by atoms with E-state index in [1.54, 1.807) is 0 Å². The van der Waals surface area contributed by atoms with Crippen LogP contribution in [0, 0.1) is 5.92 Å². The van der Waals surface area contributed by atoms with Crippen molar-refractivity contribution in [2.75, 3.05) is 13.1 Å². The summed E-state index contributed by atoms with van der Waals surface area (Å²) in [5, 5.41) is 0. The van der Waals surface area contributed by atoms with E-state index in [-0.39, 0.29) is 30.7 Å². The van der Waals surface area contributed by atoms with Gasteiger partial charge < -0.3 is 5.73 Å². The number of rotatable bonds is 2. The van der Waals surface area contributed by atoms with Crippen molar-refractivity contribution in [3.63, 3.8) is 0 Å². The first kappa shape index (κ1) is 10.8. The third kappa shape index (κ3) is 2.27. The Morgan fingerprint density at radius 2 is 2.07 bits per heavy atom. The molecule has 1 saturated heterocycles. The Labute approximate surface area is 87.6 Å². The minimum atomic E-state index is -2.48. The van der Waals surface area contributed by atoms with Crippen molar-refractivity contribution >= 4 is 5.91 Å². The van der Waals surface area contributed by atoms with Crippen molar-refractivity contribution < 1.29 is 13.6 Å². The Morgan fingerprint density at radius 1 is 1.40 bits per heavy atom. The quantitative estimate of drug-likeness (QED) is 0.751. The lowest BCUT2D eigenvalue weighted by Gasteiger charge is -2.45. The zero-order chi connectivity index (χ0) is 11.1. The topological polar surface area (TPSA) is 46.3 Å². The standard InChI is InChI=1S/C10H16F2N2O/c11-10(12)4-8(5-10)14-3-1-2-7(6-14)9(13)15/h7-8H,1-6H2,(H2,13,15). The summed E-state index contributed by atoms with van der Waals surface area (Å²) in [6, 6.07) is -0.0397. The number of carbonyl (C=O) groups is 1. The zero-order valence-electron chi connectivity index (χ0n) is 8.59. The van der Waals surface area contributed by atoms with Gasteiger partial charge in [0.25, 0.3) is 5.92 Å². The van der Waals surface area contributed by atoms with Crippen LogP contribution in [-0.4, -0.2) is 35.9 Å². The van der Waals surface area contributed by atoms with Gasteiger partial charge in [0, 0.05) is 25.4 Å². The average molecular weight is 218 g/mol. The Balaban J connectivity index is 1.86. The number of likely N-dealkylation sites (tertiary alicyclic amines) is 1. The van der Waals surface area contributed by atoms with E-state index >= 15 is 0 Å². The number of halogens is 2. The second-order valence-corrected chi connectivity index (χ2v) is 4.65. The largest absolute Gasteiger partial charge is 0.369 e. The fourth-order valence-electron chi connectivity index (χ4n) is 2.46. The summed E-state index contributed by atoms with van der Waals surface area (Å²) < 4.78 is 25.4. The first-order valence-electron chi connectivity index (χ1n) is 5.39. The van der Waals surface area contributed by atoms with Gasteiger partial charge in [0.15, 0.2) is 0 Å². The van der Waals surface area contributed by atoms with Gasteiger partial charge in [0.05, 0.1) is 5.92 Å². The average Bonchev–Trinajstić information content (AvgIpc) is 2.14. The molecule has 5 heteroatoms. The van der Waals surface area contributed by atoms with Crippen molar-refractivity contribution in [3.05, 3.63) is 0 Å². The smallest absolute Gasteiger partial charge is 0.251 e. The van der Waals surface area contributed by atoms with Crippen molar-refractivity contribution in [1.82, 2.24) is 4.90 Å². The molecule has 1 aliphatic heterocycles. The maximum atomic E-state index is 12.7. The molecule has 0 radical (unpaired) electrons. The molecule has 1 aliphatic carbocycles. The summed E-state index contributed by atoms with van der Waals surface area (Å²) in [7, 11) is 0. The van der Waals surface area contributed by atoms with Crippen LogP contribution in [0.5, 0.6) is 0 Å². The van der Waals surface area contributed by atoms with Gasteiger partial charge in [-0.2, -0.15) is 0 Å². The first-order valence-corrected chi connectivity index (χ1v) is 5.39. The van der Waals surface area contributed by atoms with Crippen LogP contribution in [0.3, 0.4) is 0 Å². The van der Waals surface area contributed by atoms with Crippen molar-refractivity contribution in [2.24, 2.45) is 11.7 Å². The SMILES string of the molecule is NC(=O)C1CCCN(C2CC(F)(F)C2)C1. The number of carbonyl (C=O) groups excluding carboxylic acids is 1. The number of hydrogen-bond donors (Lipinski definition) is 1. The second-order valence-electron chi connectivity index (χ2n) is 4.65. The number of hydrogen-bond acceptors (Lipinski definition) is 2. The number of alkyl halides is 2. The molecule has 0 aromatic heterocycles. The normalized spacial score (nSPS) is 32.3. The number of nitrogens with zero attached hydrogens (tertiary/aromatic N) is 1. The molecule has 2 fully saturated rings. The molecular formula is C10H16F2N2O. The summed E-state index contributed by atoms with van der Waals surface area (Å²) in [5.41, 5.74) is 5.23. The van der Waals surface area contributed by atoms with E-state index in [0.717, 1.165) is 19.4 Å². The van der Waals surface area contributed by atoms with E-state index in [1.165, 1.54) is 0 Å². The lowest BCUT2D eigenvalue weighted by molar-refractivity contribution is -0.136. The molecule has 2 aliphatic rings. The third-order valence-corrected chi connectivity index (χ3v) is 3.44. The Bertz CT molecular complexity index is 262. The van der Waals surface area contributed by atoms with Crippen molar-refractivity contribution in [3.8, 4) is 0 Å². The highest BCUT2D eigenvalue weighted by atomic mass is 19.3. The molecule has 1 atom stereocenters. The van der Waals surface area contributed by atoms with E-state index in [2.05, 4.69) is 0 Å². The van der Waals surface area contributed by atoms with E-state index in [4.69, 9.17) is 5.73 Å². The summed E-state index contributed by atoms with van der Waals surface area (Å²) in [4.78, 5) is 13.0. The predicted octanol–water partition coefficient (Wildman–Crippen LogP) is 0.981. The third-order valence-electron chi connectivity index (χ3n) is 3.44. The predicted molar refractivity (Wildman–Crippen MR) is 51.5 cm³/mol. The van der Waals surface area contributed by atoms with Crippen LogP contribution in [0.4, 0.5) is 8.78 Å². The van der Waals surface area contributed by atoms with Gasteiger partial charge >= 0.3 is 0 Å². The molecule has 1 heterocycles. The Morgan fingerprint density at radius 3 is 2.60 bits per heavy atom. The van der Waals surface area contributed by atoms with Gasteiger partial charge in [-0.3, -0.25) is 9.69 Å². The Kier molecular flexibility index (Phi) is 2.66. The van der Waals surface area contributed by atoms with Crippen molar-refractivity contribution in [1.29, 1.82) is 0 Å². The van der Waals surface area contributed by atoms with E-state index in [0.29, 0.717) is 6.54 Å². The van der Waals surface area contributed by atoms with Crippen molar-refractivity contribution in [2.45, 2.75) is 37.6 Å². The summed E-state index contributed by atoms with van der Waals surface area (Å²) in [5.74, 6) is -2.93. The van der Waals surface area contributed by atoms with Crippen LogP contribution in [0.15, 0.2) is 0 Å². The number of nitrogens with two attached hydrogens (primary N) is 1. The van der Waals surface area contributed by atoms with Gasteiger partial charge in [0.1, 0.15) is 0 Å². The molecule has 2 rings (SSSR count). The molecule has 86 valence electrons. The maximum absolute atomic E-state index is 12.7. The second kappa shape index (κ2) is 3.70. The van der Waals surface area contributed by atoms with Gasteiger partial charge in [-0.1, -0.05) is 0 Å². The van der Waals surface area contributed by atoms with Gasteiger partial charge in [-0.15, -0.1) is 0 Å². The number of primary amides is 1. The van der Waals surface area contributed by atoms with Crippen LogP contribution < -0.4 is 5.73 Å². The molecule has 0 spiro atoms. The minimum Gasteiger partial charge on any atom is -0.369 e. The van der Waals surface area contributed by atoms with E-state index in [9.17, 15) is 13.6 Å². The molecular weight excluding hydrogens is 202 g/mol. The fraction of sp³-hybridized carbons (Fsp3) is 0.900.